The molecule has 0 fully saturated rings. The summed E-state index contributed by atoms with van der Waals surface area (Å²) in [6.07, 6.45) is 5.20. The number of nitrogens with two attached hydrogens (primary N) is 1. The minimum atomic E-state index is 0.764. The lowest BCUT2D eigenvalue weighted by molar-refractivity contribution is 1.27. The van der Waals surface area contributed by atoms with Gasteiger partial charge in [-0.15, -0.1) is 0 Å². The quantitative estimate of drug-likeness (QED) is 0.337. The van der Waals surface area contributed by atoms with Crippen molar-refractivity contribution >= 4 is 11.3 Å². The van der Waals surface area contributed by atoms with Crippen LogP contribution in [0.3, 0.4) is 0 Å². The van der Waals surface area contributed by atoms with Gasteiger partial charge in [-0.25, -0.2) is 0 Å². The molecule has 0 aromatic heterocycles. The lowest BCUT2D eigenvalue weighted by Gasteiger charge is -2.10. The van der Waals surface area contributed by atoms with E-state index in [0.717, 1.165) is 28.8 Å². The van der Waals surface area contributed by atoms with Crippen LogP contribution in [0.15, 0.2) is 121 Å². The van der Waals surface area contributed by atoms with E-state index in [9.17, 15) is 0 Å². The zero-order valence-electron chi connectivity index (χ0n) is 17.8. The van der Waals surface area contributed by atoms with Crippen LogP contribution < -0.4 is 5.73 Å². The van der Waals surface area contributed by atoms with Gasteiger partial charge in [0.25, 0.3) is 0 Å². The van der Waals surface area contributed by atoms with Crippen molar-refractivity contribution in [3.63, 3.8) is 0 Å². The number of aryl methyl sites for hydroxylation is 1. The summed E-state index contributed by atoms with van der Waals surface area (Å²) in [4.78, 5) is 0. The van der Waals surface area contributed by atoms with Crippen LogP contribution in [0.5, 0.6) is 0 Å². The Hall–Kier alpha value is -3.84. The predicted molar refractivity (Wildman–Crippen MR) is 133 cm³/mol. The van der Waals surface area contributed by atoms with Crippen LogP contribution >= 0.6 is 0 Å². The third-order valence-electron chi connectivity index (χ3n) is 5.40. The fourth-order valence-electron chi connectivity index (χ4n) is 3.61. The van der Waals surface area contributed by atoms with Gasteiger partial charge >= 0.3 is 0 Å². The van der Waals surface area contributed by atoms with Crippen molar-refractivity contribution < 1.29 is 0 Å². The van der Waals surface area contributed by atoms with Crippen molar-refractivity contribution in [2.75, 3.05) is 0 Å². The number of benzene rings is 4. The zero-order chi connectivity index (χ0) is 21.5. The second-order valence-electron chi connectivity index (χ2n) is 7.76. The van der Waals surface area contributed by atoms with Gasteiger partial charge in [0.2, 0.25) is 0 Å². The molecule has 2 N–H and O–H groups in total. The van der Waals surface area contributed by atoms with Crippen molar-refractivity contribution in [2.45, 2.75) is 13.3 Å². The Balaban J connectivity index is 1.73. The van der Waals surface area contributed by atoms with Crippen LogP contribution in [0.1, 0.15) is 22.3 Å². The van der Waals surface area contributed by atoms with Crippen molar-refractivity contribution in [1.82, 2.24) is 0 Å². The van der Waals surface area contributed by atoms with Crippen LogP contribution in [0.4, 0.5) is 0 Å². The number of rotatable bonds is 6. The van der Waals surface area contributed by atoms with E-state index in [0.29, 0.717) is 0 Å². The largest absolute Gasteiger partial charge is 0.398 e. The van der Waals surface area contributed by atoms with Crippen LogP contribution in [0, 0.1) is 6.92 Å². The maximum atomic E-state index is 6.49. The average Bonchev–Trinajstić information content (AvgIpc) is 2.83. The Morgan fingerprint density at radius 3 is 2.03 bits per heavy atom. The van der Waals surface area contributed by atoms with Gasteiger partial charge in [-0.3, -0.25) is 0 Å². The lowest BCUT2D eigenvalue weighted by Crippen LogP contribution is -1.97. The second kappa shape index (κ2) is 9.77. The number of hydrogen-bond acceptors (Lipinski definition) is 1. The SMILES string of the molecule is Cc1ccc(-c2cccc(C(/C=C(\N)c3ccccc3)=C/Cc3ccccc3)c2)cc1. The molecule has 0 amide bonds. The minimum Gasteiger partial charge on any atom is -0.398 e. The van der Waals surface area contributed by atoms with E-state index in [1.807, 2.05) is 36.4 Å². The molecule has 0 unspecified atom stereocenters. The Kier molecular flexibility index (Phi) is 6.44. The summed E-state index contributed by atoms with van der Waals surface area (Å²) in [5.41, 5.74) is 15.5. The molecular weight excluding hydrogens is 374 g/mol. The first-order valence-corrected chi connectivity index (χ1v) is 10.6. The molecule has 0 saturated heterocycles. The summed E-state index contributed by atoms with van der Waals surface area (Å²) in [5, 5.41) is 0. The molecule has 0 radical (unpaired) electrons. The van der Waals surface area contributed by atoms with E-state index in [2.05, 4.69) is 91.9 Å². The highest BCUT2D eigenvalue weighted by Crippen LogP contribution is 2.27. The van der Waals surface area contributed by atoms with Gasteiger partial charge < -0.3 is 5.73 Å². The van der Waals surface area contributed by atoms with E-state index in [1.165, 1.54) is 22.3 Å². The Morgan fingerprint density at radius 2 is 1.32 bits per heavy atom. The van der Waals surface area contributed by atoms with Gasteiger partial charge in [0.05, 0.1) is 0 Å². The van der Waals surface area contributed by atoms with E-state index >= 15 is 0 Å². The van der Waals surface area contributed by atoms with Crippen molar-refractivity contribution in [2.24, 2.45) is 5.73 Å². The molecule has 0 bridgehead atoms. The molecule has 0 saturated carbocycles. The molecule has 0 aliphatic heterocycles. The third-order valence-corrected chi connectivity index (χ3v) is 5.40. The summed E-state index contributed by atoms with van der Waals surface area (Å²) < 4.78 is 0. The first-order chi connectivity index (χ1) is 15.2. The third kappa shape index (κ3) is 5.40. The second-order valence-corrected chi connectivity index (χ2v) is 7.76. The van der Waals surface area contributed by atoms with Crippen molar-refractivity contribution in [3.8, 4) is 11.1 Å². The van der Waals surface area contributed by atoms with Gasteiger partial charge in [0.1, 0.15) is 0 Å². The van der Waals surface area contributed by atoms with Crippen LogP contribution in [-0.2, 0) is 6.42 Å². The molecule has 152 valence electrons. The summed E-state index contributed by atoms with van der Waals surface area (Å²) in [6, 6.07) is 38.0. The highest BCUT2D eigenvalue weighted by Gasteiger charge is 2.05. The fourth-order valence-corrected chi connectivity index (χ4v) is 3.61. The van der Waals surface area contributed by atoms with Gasteiger partial charge in [0, 0.05) is 5.70 Å². The summed E-state index contributed by atoms with van der Waals surface area (Å²) in [6.45, 7) is 2.11. The smallest absolute Gasteiger partial charge is 0.0393 e. The van der Waals surface area contributed by atoms with Crippen LogP contribution in [-0.4, -0.2) is 0 Å². The molecule has 0 aliphatic rings. The molecule has 1 heteroatoms. The standard InChI is InChI=1S/C30H27N/c1-23-15-18-25(19-16-23)27-13-8-14-28(21-27)29(20-17-24-9-4-2-5-10-24)22-30(31)26-11-6-3-7-12-26/h2-16,18-22H,17,31H2,1H3/b29-20+,30-22-. The topological polar surface area (TPSA) is 26.0 Å². The zero-order valence-corrected chi connectivity index (χ0v) is 17.8. The molecule has 0 aliphatic carbocycles. The Morgan fingerprint density at radius 1 is 0.677 bits per heavy atom. The summed E-state index contributed by atoms with van der Waals surface area (Å²) in [5.74, 6) is 0. The first-order valence-electron chi connectivity index (χ1n) is 10.6. The average molecular weight is 402 g/mol. The lowest BCUT2D eigenvalue weighted by atomic mass is 9.96. The highest BCUT2D eigenvalue weighted by molar-refractivity contribution is 5.84. The minimum absolute atomic E-state index is 0.764. The molecule has 4 aromatic rings. The maximum absolute atomic E-state index is 6.49. The van der Waals surface area contributed by atoms with Crippen LogP contribution in [0.2, 0.25) is 0 Å². The van der Waals surface area contributed by atoms with Gasteiger partial charge in [0.15, 0.2) is 0 Å². The van der Waals surface area contributed by atoms with Gasteiger partial charge in [-0.05, 0) is 58.9 Å². The highest BCUT2D eigenvalue weighted by atomic mass is 14.6. The summed E-state index contributed by atoms with van der Waals surface area (Å²) in [7, 11) is 0. The molecule has 4 rings (SSSR count). The number of allylic oxidation sites excluding steroid dienone is 3. The van der Waals surface area contributed by atoms with Gasteiger partial charge in [-0.2, -0.15) is 0 Å². The fraction of sp³-hybridized carbons (Fsp3) is 0.0667. The van der Waals surface area contributed by atoms with Crippen LogP contribution in [0.25, 0.3) is 22.4 Å². The van der Waals surface area contributed by atoms with E-state index in [1.54, 1.807) is 0 Å². The van der Waals surface area contributed by atoms with Crippen molar-refractivity contribution in [1.29, 1.82) is 0 Å². The molecule has 0 heterocycles. The number of hydrogen-bond donors (Lipinski definition) is 1. The maximum Gasteiger partial charge on any atom is 0.0393 e. The van der Waals surface area contributed by atoms with E-state index < -0.39 is 0 Å². The first kappa shape index (κ1) is 20.4. The molecular formula is C30H27N. The van der Waals surface area contributed by atoms with Gasteiger partial charge in [-0.1, -0.05) is 115 Å². The summed E-state index contributed by atoms with van der Waals surface area (Å²) >= 11 is 0. The Labute approximate surface area is 185 Å². The molecule has 0 spiro atoms. The van der Waals surface area contributed by atoms with E-state index in [-0.39, 0.29) is 0 Å². The molecule has 4 aromatic carbocycles. The Bertz CT molecular complexity index is 1180. The monoisotopic (exact) mass is 401 g/mol. The van der Waals surface area contributed by atoms with Crippen molar-refractivity contribution in [3.05, 3.63) is 144 Å². The molecule has 0 atom stereocenters. The van der Waals surface area contributed by atoms with E-state index in [4.69, 9.17) is 5.73 Å². The predicted octanol–water partition coefficient (Wildman–Crippen LogP) is 7.29. The molecule has 1 nitrogen and oxygen atoms in total. The normalized spacial score (nSPS) is 12.0. The molecule has 31 heavy (non-hydrogen) atoms.